The highest BCUT2D eigenvalue weighted by Crippen LogP contribution is 2.29. The summed E-state index contributed by atoms with van der Waals surface area (Å²) in [6.07, 6.45) is 0.173. The van der Waals surface area contributed by atoms with Gasteiger partial charge in [-0.2, -0.15) is 4.72 Å². The molecule has 0 fully saturated rings. The van der Waals surface area contributed by atoms with Crippen molar-refractivity contribution in [1.82, 2.24) is 10.0 Å². The van der Waals surface area contributed by atoms with E-state index in [0.717, 1.165) is 11.1 Å². The molecule has 3 rings (SSSR count). The van der Waals surface area contributed by atoms with Crippen LogP contribution in [0.4, 0.5) is 0 Å². The average molecular weight is 503 g/mol. The minimum Gasteiger partial charge on any atom is -0.493 e. The van der Waals surface area contributed by atoms with Crippen molar-refractivity contribution in [1.29, 1.82) is 0 Å². The summed E-state index contributed by atoms with van der Waals surface area (Å²) in [5, 5.41) is 3.49. The zero-order valence-corrected chi connectivity index (χ0v) is 20.7. The van der Waals surface area contributed by atoms with Gasteiger partial charge in [0.05, 0.1) is 25.2 Å². The maximum Gasteiger partial charge on any atom is 0.241 e. The van der Waals surface area contributed by atoms with Gasteiger partial charge >= 0.3 is 0 Å². The van der Waals surface area contributed by atoms with E-state index < -0.39 is 22.0 Å². The topological polar surface area (TPSA) is 93.7 Å². The Hall–Kier alpha value is -3.07. The number of rotatable bonds is 10. The van der Waals surface area contributed by atoms with Crippen LogP contribution in [0.15, 0.2) is 77.7 Å². The number of hydrogen-bond donors (Lipinski definition) is 2. The predicted octanol–water partition coefficient (Wildman–Crippen LogP) is 4.12. The second-order valence-corrected chi connectivity index (χ2v) is 9.81. The summed E-state index contributed by atoms with van der Waals surface area (Å²) in [4.78, 5) is 13.2. The first-order valence-corrected chi connectivity index (χ1v) is 12.4. The van der Waals surface area contributed by atoms with Gasteiger partial charge in [-0.15, -0.1) is 0 Å². The number of methoxy groups -OCH3 is 2. The molecular formula is C25H27ClN2O5S. The minimum atomic E-state index is -4.05. The van der Waals surface area contributed by atoms with E-state index in [2.05, 4.69) is 10.0 Å². The van der Waals surface area contributed by atoms with E-state index in [1.807, 2.05) is 49.4 Å². The Bertz CT molecular complexity index is 1220. The van der Waals surface area contributed by atoms with Crippen molar-refractivity contribution in [2.75, 3.05) is 14.2 Å². The third kappa shape index (κ3) is 6.50. The Morgan fingerprint density at radius 3 is 2.21 bits per heavy atom. The molecule has 9 heteroatoms. The second kappa shape index (κ2) is 11.4. The van der Waals surface area contributed by atoms with Crippen molar-refractivity contribution < 1.29 is 22.7 Å². The van der Waals surface area contributed by atoms with Crippen molar-refractivity contribution in [2.45, 2.75) is 30.3 Å². The lowest BCUT2D eigenvalue weighted by atomic mass is 10.0. The van der Waals surface area contributed by atoms with Gasteiger partial charge in [0.1, 0.15) is 6.04 Å². The van der Waals surface area contributed by atoms with Gasteiger partial charge in [-0.25, -0.2) is 8.42 Å². The molecule has 0 saturated carbocycles. The van der Waals surface area contributed by atoms with E-state index >= 15 is 0 Å². The number of benzene rings is 3. The van der Waals surface area contributed by atoms with Crippen LogP contribution in [0.2, 0.25) is 5.02 Å². The normalized spacial score (nSPS) is 13.1. The second-order valence-electron chi connectivity index (χ2n) is 7.66. The molecule has 2 N–H and O–H groups in total. The van der Waals surface area contributed by atoms with E-state index in [4.69, 9.17) is 21.1 Å². The maximum atomic E-state index is 13.2. The predicted molar refractivity (Wildman–Crippen MR) is 132 cm³/mol. The van der Waals surface area contributed by atoms with E-state index in [-0.39, 0.29) is 23.1 Å². The summed E-state index contributed by atoms with van der Waals surface area (Å²) in [6, 6.07) is 19.2. The molecular weight excluding hydrogens is 476 g/mol. The van der Waals surface area contributed by atoms with Crippen molar-refractivity contribution in [2.24, 2.45) is 0 Å². The Kier molecular flexibility index (Phi) is 8.55. The zero-order chi connectivity index (χ0) is 24.7. The Morgan fingerprint density at radius 2 is 1.59 bits per heavy atom. The number of amides is 1. The number of halogens is 1. The summed E-state index contributed by atoms with van der Waals surface area (Å²) in [5.74, 6) is 0.220. The smallest absolute Gasteiger partial charge is 0.241 e. The monoisotopic (exact) mass is 502 g/mol. The summed E-state index contributed by atoms with van der Waals surface area (Å²) >= 11 is 5.95. The van der Waals surface area contributed by atoms with Gasteiger partial charge < -0.3 is 14.8 Å². The molecule has 0 aliphatic carbocycles. The van der Waals surface area contributed by atoms with Crippen molar-refractivity contribution in [3.05, 3.63) is 88.9 Å². The fourth-order valence-electron chi connectivity index (χ4n) is 3.43. The molecule has 0 radical (unpaired) electrons. The molecule has 0 saturated heterocycles. The van der Waals surface area contributed by atoms with Crippen molar-refractivity contribution in [3.63, 3.8) is 0 Å². The summed E-state index contributed by atoms with van der Waals surface area (Å²) in [5.41, 5.74) is 1.66. The van der Waals surface area contributed by atoms with Gasteiger partial charge in [0.2, 0.25) is 15.9 Å². The summed E-state index contributed by atoms with van der Waals surface area (Å²) in [6.45, 7) is 1.82. The van der Waals surface area contributed by atoms with Crippen LogP contribution in [0.3, 0.4) is 0 Å². The molecule has 0 aliphatic heterocycles. The highest BCUT2D eigenvalue weighted by Gasteiger charge is 2.28. The lowest BCUT2D eigenvalue weighted by molar-refractivity contribution is -0.123. The third-order valence-electron chi connectivity index (χ3n) is 5.29. The number of carbonyl (C=O) groups excluding carboxylic acids is 1. The molecule has 0 heterocycles. The summed E-state index contributed by atoms with van der Waals surface area (Å²) in [7, 11) is -1.17. The van der Waals surface area contributed by atoms with E-state index in [9.17, 15) is 13.2 Å². The molecule has 0 bridgehead atoms. The van der Waals surface area contributed by atoms with Gasteiger partial charge in [-0.1, -0.05) is 54.1 Å². The van der Waals surface area contributed by atoms with Crippen LogP contribution >= 0.6 is 11.6 Å². The fraction of sp³-hybridized carbons (Fsp3) is 0.240. The molecule has 0 aliphatic rings. The lowest BCUT2D eigenvalue weighted by Gasteiger charge is -2.22. The standard InChI is InChI=1S/C25H27ClN2O5S/c1-17(19-9-11-20(26)12-10-19)27-25(29)22(15-18-7-5-4-6-8-18)28-34(30,31)21-13-14-23(32-2)24(16-21)33-3/h4-14,16-17,22,28H,15H2,1-3H3,(H,27,29)/t17-,22-/m1/s1. The molecule has 0 unspecified atom stereocenters. The molecule has 2 atom stereocenters. The lowest BCUT2D eigenvalue weighted by Crippen LogP contribution is -2.48. The van der Waals surface area contributed by atoms with Gasteiger partial charge in [0.25, 0.3) is 0 Å². The first-order valence-electron chi connectivity index (χ1n) is 10.6. The maximum absolute atomic E-state index is 13.2. The fourth-order valence-corrected chi connectivity index (χ4v) is 4.76. The zero-order valence-electron chi connectivity index (χ0n) is 19.1. The van der Waals surface area contributed by atoms with Crippen LogP contribution in [-0.4, -0.2) is 34.6 Å². The van der Waals surface area contributed by atoms with Gasteiger partial charge in [-0.05, 0) is 48.7 Å². The quantitative estimate of drug-likeness (QED) is 0.435. The van der Waals surface area contributed by atoms with Gasteiger partial charge in [0, 0.05) is 11.1 Å². The van der Waals surface area contributed by atoms with Crippen LogP contribution in [0.5, 0.6) is 11.5 Å². The minimum absolute atomic E-state index is 0.0400. The highest BCUT2D eigenvalue weighted by molar-refractivity contribution is 7.89. The summed E-state index contributed by atoms with van der Waals surface area (Å²) < 4.78 is 39.4. The molecule has 180 valence electrons. The highest BCUT2D eigenvalue weighted by atomic mass is 35.5. The largest absolute Gasteiger partial charge is 0.493 e. The van der Waals surface area contributed by atoms with Crippen LogP contribution in [0.25, 0.3) is 0 Å². The molecule has 3 aromatic rings. The van der Waals surface area contributed by atoms with Gasteiger partial charge in [-0.3, -0.25) is 4.79 Å². The molecule has 0 aromatic heterocycles. The number of sulfonamides is 1. The van der Waals surface area contributed by atoms with Crippen LogP contribution in [0.1, 0.15) is 24.1 Å². The van der Waals surface area contributed by atoms with E-state index in [1.54, 1.807) is 12.1 Å². The Balaban J connectivity index is 1.86. The molecule has 3 aromatic carbocycles. The van der Waals surface area contributed by atoms with Crippen LogP contribution in [0, 0.1) is 0 Å². The molecule has 34 heavy (non-hydrogen) atoms. The Morgan fingerprint density at radius 1 is 0.941 bits per heavy atom. The first kappa shape index (κ1) is 25.6. The Labute approximate surface area is 205 Å². The SMILES string of the molecule is COc1ccc(S(=O)(=O)N[C@H](Cc2ccccc2)C(=O)N[C@H](C)c2ccc(Cl)cc2)cc1OC. The number of ether oxygens (including phenoxy) is 2. The first-order chi connectivity index (χ1) is 16.2. The molecule has 7 nitrogen and oxygen atoms in total. The van der Waals surface area contributed by atoms with E-state index in [1.165, 1.54) is 32.4 Å². The van der Waals surface area contributed by atoms with Gasteiger partial charge in [0.15, 0.2) is 11.5 Å². The van der Waals surface area contributed by atoms with Crippen molar-refractivity contribution >= 4 is 27.5 Å². The number of carbonyl (C=O) groups is 1. The molecule has 0 spiro atoms. The van der Waals surface area contributed by atoms with E-state index in [0.29, 0.717) is 10.8 Å². The average Bonchev–Trinajstić information content (AvgIpc) is 2.84. The van der Waals surface area contributed by atoms with Crippen LogP contribution in [-0.2, 0) is 21.2 Å². The van der Waals surface area contributed by atoms with Crippen LogP contribution < -0.4 is 19.5 Å². The number of nitrogens with one attached hydrogen (secondary N) is 2. The van der Waals surface area contributed by atoms with Crippen molar-refractivity contribution in [3.8, 4) is 11.5 Å². The molecule has 1 amide bonds. The third-order valence-corrected chi connectivity index (χ3v) is 7.01. The number of hydrogen-bond acceptors (Lipinski definition) is 5.